The Morgan fingerprint density at radius 1 is 0.917 bits per heavy atom. The molecule has 0 amide bonds. The fourth-order valence-electron chi connectivity index (χ4n) is 4.06. The first-order valence-corrected chi connectivity index (χ1v) is 8.59. The second-order valence-corrected chi connectivity index (χ2v) is 6.71. The lowest BCUT2D eigenvalue weighted by Crippen LogP contribution is -2.51. The summed E-state index contributed by atoms with van der Waals surface area (Å²) in [4.78, 5) is 11.9. The third kappa shape index (κ3) is 2.25. The average Bonchev–Trinajstić information content (AvgIpc) is 2.66. The van der Waals surface area contributed by atoms with Gasteiger partial charge in [-0.25, -0.2) is 9.78 Å². The van der Waals surface area contributed by atoms with Crippen molar-refractivity contribution in [3.63, 3.8) is 0 Å². The Balaban J connectivity index is 1.92. The largest absolute Gasteiger partial charge is 0.496 e. The van der Waals surface area contributed by atoms with E-state index >= 15 is 0 Å². The summed E-state index contributed by atoms with van der Waals surface area (Å²) in [5.41, 5.74) is 7.95. The summed E-state index contributed by atoms with van der Waals surface area (Å²) in [5, 5.41) is 0. The van der Waals surface area contributed by atoms with E-state index in [1.807, 2.05) is 48.5 Å². The summed E-state index contributed by atoms with van der Waals surface area (Å²) in [6.07, 6.45) is 5.30. The van der Waals surface area contributed by atoms with Crippen LogP contribution in [0.2, 0.25) is 0 Å². The van der Waals surface area contributed by atoms with E-state index in [0.29, 0.717) is 0 Å². The van der Waals surface area contributed by atoms with Crippen molar-refractivity contribution in [3.05, 3.63) is 65.2 Å². The minimum Gasteiger partial charge on any atom is -0.496 e. The minimum atomic E-state index is -1.13. The van der Waals surface area contributed by atoms with Crippen molar-refractivity contribution in [2.75, 3.05) is 7.11 Å². The second kappa shape index (κ2) is 5.88. The molecule has 0 saturated heterocycles. The third-order valence-corrected chi connectivity index (χ3v) is 5.30. The minimum absolute atomic E-state index is 0.460. The molecule has 0 radical (unpaired) electrons. The number of benzene rings is 2. The topological polar surface area (TPSA) is 53.7 Å². The SMILES string of the molecule is COc1cccc2c1C1(CCCCC1)OOC2(N)c1ccccc1. The molecule has 0 aromatic heterocycles. The molecule has 1 heterocycles. The van der Waals surface area contributed by atoms with Crippen molar-refractivity contribution in [1.29, 1.82) is 0 Å². The van der Waals surface area contributed by atoms with Crippen molar-refractivity contribution in [1.82, 2.24) is 0 Å². The molecule has 1 aliphatic carbocycles. The molecule has 1 atom stereocenters. The van der Waals surface area contributed by atoms with Crippen LogP contribution in [0.15, 0.2) is 48.5 Å². The summed E-state index contributed by atoms with van der Waals surface area (Å²) in [6.45, 7) is 0. The van der Waals surface area contributed by atoms with Crippen LogP contribution in [0.4, 0.5) is 0 Å². The lowest BCUT2D eigenvalue weighted by atomic mass is 9.74. The highest BCUT2D eigenvalue weighted by Gasteiger charge is 2.51. The van der Waals surface area contributed by atoms with Crippen molar-refractivity contribution in [2.45, 2.75) is 43.4 Å². The van der Waals surface area contributed by atoms with Gasteiger partial charge in [0.15, 0.2) is 0 Å². The molecule has 1 fully saturated rings. The van der Waals surface area contributed by atoms with Gasteiger partial charge in [0, 0.05) is 16.7 Å². The molecule has 2 aromatic rings. The first kappa shape index (κ1) is 15.6. The molecule has 1 spiro atoms. The lowest BCUT2D eigenvalue weighted by molar-refractivity contribution is -0.431. The van der Waals surface area contributed by atoms with Gasteiger partial charge in [0.2, 0.25) is 5.72 Å². The molecule has 2 aromatic carbocycles. The predicted octanol–water partition coefficient (Wildman–Crippen LogP) is 3.98. The maximum atomic E-state index is 6.70. The number of hydrogen-bond acceptors (Lipinski definition) is 4. The molecular weight excluding hydrogens is 302 g/mol. The fourth-order valence-corrected chi connectivity index (χ4v) is 4.06. The molecule has 24 heavy (non-hydrogen) atoms. The van der Waals surface area contributed by atoms with E-state index in [2.05, 4.69) is 0 Å². The zero-order valence-electron chi connectivity index (χ0n) is 14.0. The zero-order valence-corrected chi connectivity index (χ0v) is 14.0. The van der Waals surface area contributed by atoms with E-state index < -0.39 is 11.3 Å². The molecule has 2 aliphatic rings. The van der Waals surface area contributed by atoms with Gasteiger partial charge in [0.25, 0.3) is 0 Å². The number of hydrogen-bond donors (Lipinski definition) is 1. The highest BCUT2D eigenvalue weighted by Crippen LogP contribution is 2.52. The van der Waals surface area contributed by atoms with Crippen LogP contribution in [0.3, 0.4) is 0 Å². The molecule has 1 aliphatic heterocycles. The summed E-state index contributed by atoms with van der Waals surface area (Å²) < 4.78 is 5.68. The van der Waals surface area contributed by atoms with Gasteiger partial charge in [-0.15, -0.1) is 0 Å². The standard InChI is InChI=1S/C20H23NO3/c1-22-17-12-8-11-16-18(17)19(13-6-3-7-14-19)23-24-20(16,21)15-9-4-2-5-10-15/h2,4-5,8-12H,3,6-7,13-14,21H2,1H3. The monoisotopic (exact) mass is 325 g/mol. The van der Waals surface area contributed by atoms with Gasteiger partial charge in [0.05, 0.1) is 7.11 Å². The Hall–Kier alpha value is -1.88. The van der Waals surface area contributed by atoms with E-state index in [-0.39, 0.29) is 0 Å². The van der Waals surface area contributed by atoms with Crippen LogP contribution in [-0.2, 0) is 21.1 Å². The maximum Gasteiger partial charge on any atom is 0.203 e. The van der Waals surface area contributed by atoms with Gasteiger partial charge in [-0.2, -0.15) is 0 Å². The van der Waals surface area contributed by atoms with Crippen LogP contribution >= 0.6 is 0 Å². The van der Waals surface area contributed by atoms with Crippen LogP contribution in [0.1, 0.15) is 48.8 Å². The van der Waals surface area contributed by atoms with Crippen LogP contribution in [0.5, 0.6) is 5.75 Å². The van der Waals surface area contributed by atoms with Crippen molar-refractivity contribution in [3.8, 4) is 5.75 Å². The molecule has 4 nitrogen and oxygen atoms in total. The second-order valence-electron chi connectivity index (χ2n) is 6.71. The Kier molecular flexibility index (Phi) is 3.83. The summed E-state index contributed by atoms with van der Waals surface area (Å²) >= 11 is 0. The molecule has 1 unspecified atom stereocenters. The Morgan fingerprint density at radius 3 is 2.38 bits per heavy atom. The first-order valence-electron chi connectivity index (χ1n) is 8.59. The van der Waals surface area contributed by atoms with Gasteiger partial charge in [-0.05, 0) is 18.9 Å². The number of rotatable bonds is 2. The van der Waals surface area contributed by atoms with Gasteiger partial charge in [0.1, 0.15) is 11.4 Å². The highest BCUT2D eigenvalue weighted by molar-refractivity contribution is 5.51. The Labute approximate surface area is 142 Å². The molecular formula is C20H23NO3. The van der Waals surface area contributed by atoms with Crippen molar-refractivity contribution in [2.24, 2.45) is 5.73 Å². The number of nitrogens with two attached hydrogens (primary N) is 1. The Morgan fingerprint density at radius 2 is 1.67 bits per heavy atom. The van der Waals surface area contributed by atoms with E-state index in [0.717, 1.165) is 48.1 Å². The van der Waals surface area contributed by atoms with Crippen LogP contribution < -0.4 is 10.5 Å². The molecule has 126 valence electrons. The quantitative estimate of drug-likeness (QED) is 0.849. The van der Waals surface area contributed by atoms with Crippen molar-refractivity contribution >= 4 is 0 Å². The molecule has 2 N–H and O–H groups in total. The number of fused-ring (bicyclic) bond motifs is 2. The molecule has 4 heteroatoms. The van der Waals surface area contributed by atoms with E-state index in [9.17, 15) is 0 Å². The van der Waals surface area contributed by atoms with Gasteiger partial charge in [-0.3, -0.25) is 5.73 Å². The highest BCUT2D eigenvalue weighted by atomic mass is 17.2. The summed E-state index contributed by atoms with van der Waals surface area (Å²) in [5.74, 6) is 0.823. The number of methoxy groups -OCH3 is 1. The summed E-state index contributed by atoms with van der Waals surface area (Å²) in [6, 6.07) is 15.8. The number of ether oxygens (including phenoxy) is 1. The average molecular weight is 325 g/mol. The van der Waals surface area contributed by atoms with Gasteiger partial charge in [-0.1, -0.05) is 61.7 Å². The van der Waals surface area contributed by atoms with Crippen LogP contribution in [0.25, 0.3) is 0 Å². The van der Waals surface area contributed by atoms with E-state index in [1.54, 1.807) is 7.11 Å². The van der Waals surface area contributed by atoms with Crippen LogP contribution in [0, 0.1) is 0 Å². The lowest BCUT2D eigenvalue weighted by Gasteiger charge is -2.46. The smallest absolute Gasteiger partial charge is 0.203 e. The first-order chi connectivity index (χ1) is 11.7. The molecule has 4 rings (SSSR count). The zero-order chi connectivity index (χ0) is 16.6. The van der Waals surface area contributed by atoms with Crippen molar-refractivity contribution < 1.29 is 14.5 Å². The van der Waals surface area contributed by atoms with Crippen LogP contribution in [-0.4, -0.2) is 7.11 Å². The predicted molar refractivity (Wildman–Crippen MR) is 91.3 cm³/mol. The summed E-state index contributed by atoms with van der Waals surface area (Å²) in [7, 11) is 1.70. The van der Waals surface area contributed by atoms with E-state index in [1.165, 1.54) is 6.42 Å². The fraction of sp³-hybridized carbons (Fsp3) is 0.400. The van der Waals surface area contributed by atoms with Gasteiger partial charge >= 0.3 is 0 Å². The van der Waals surface area contributed by atoms with Gasteiger partial charge < -0.3 is 4.74 Å². The normalized spacial score (nSPS) is 25.2. The van der Waals surface area contributed by atoms with E-state index in [4.69, 9.17) is 20.2 Å². The molecule has 0 bridgehead atoms. The maximum absolute atomic E-state index is 6.70. The molecule has 1 saturated carbocycles. The third-order valence-electron chi connectivity index (χ3n) is 5.30. The Bertz CT molecular complexity index is 725.